The number of pyridine rings is 1. The minimum atomic E-state index is 0.0325. The smallest absolute Gasteiger partial charge is 0.135 e. The Hall–Kier alpha value is -1.87. The van der Waals surface area contributed by atoms with Gasteiger partial charge in [0.05, 0.1) is 6.61 Å². The van der Waals surface area contributed by atoms with Crippen LogP contribution in [0.4, 0.5) is 11.5 Å². The molecule has 2 aromatic rings. The second-order valence-corrected chi connectivity index (χ2v) is 4.72. The Labute approximate surface area is 114 Å². The van der Waals surface area contributed by atoms with E-state index in [1.807, 2.05) is 13.0 Å². The minimum Gasteiger partial charge on any atom is -0.392 e. The molecule has 0 saturated carbocycles. The lowest BCUT2D eigenvalue weighted by Crippen LogP contribution is -2.18. The van der Waals surface area contributed by atoms with E-state index in [-0.39, 0.29) is 6.61 Å². The number of aromatic nitrogens is 1. The molecule has 0 fully saturated rings. The van der Waals surface area contributed by atoms with Gasteiger partial charge in [-0.05, 0) is 50.1 Å². The van der Waals surface area contributed by atoms with E-state index in [4.69, 9.17) is 5.11 Å². The molecule has 0 bridgehead atoms. The topological polar surface area (TPSA) is 36.4 Å². The van der Waals surface area contributed by atoms with Crippen LogP contribution in [-0.2, 0) is 6.61 Å². The van der Waals surface area contributed by atoms with E-state index >= 15 is 0 Å². The van der Waals surface area contributed by atoms with E-state index in [2.05, 4.69) is 48.0 Å². The van der Waals surface area contributed by atoms with Gasteiger partial charge in [-0.15, -0.1) is 0 Å². The number of aryl methyl sites for hydroxylation is 2. The first-order valence-electron chi connectivity index (χ1n) is 6.56. The number of hydrogen-bond donors (Lipinski definition) is 1. The minimum absolute atomic E-state index is 0.0325. The van der Waals surface area contributed by atoms with Crippen molar-refractivity contribution in [2.45, 2.75) is 27.4 Å². The number of hydrogen-bond acceptors (Lipinski definition) is 3. The molecule has 0 unspecified atom stereocenters. The van der Waals surface area contributed by atoms with E-state index in [1.165, 1.54) is 5.56 Å². The molecular formula is C16H20N2O. The standard InChI is InChI=1S/C16H20N2O/c1-4-18(15-7-5-12(2)6-8-15)16-13(3)9-14(11-19)10-17-16/h5-10,19H,4,11H2,1-3H3. The van der Waals surface area contributed by atoms with E-state index in [0.717, 1.165) is 29.2 Å². The van der Waals surface area contributed by atoms with Crippen molar-refractivity contribution in [2.75, 3.05) is 11.4 Å². The van der Waals surface area contributed by atoms with Crippen molar-refractivity contribution < 1.29 is 5.11 Å². The quantitative estimate of drug-likeness (QED) is 0.911. The summed E-state index contributed by atoms with van der Waals surface area (Å²) in [5, 5.41) is 9.14. The highest BCUT2D eigenvalue weighted by Crippen LogP contribution is 2.26. The molecule has 3 heteroatoms. The van der Waals surface area contributed by atoms with Gasteiger partial charge in [0, 0.05) is 18.4 Å². The van der Waals surface area contributed by atoms with Crippen LogP contribution < -0.4 is 4.90 Å². The highest BCUT2D eigenvalue weighted by atomic mass is 16.3. The lowest BCUT2D eigenvalue weighted by molar-refractivity contribution is 0.281. The first-order valence-corrected chi connectivity index (χ1v) is 6.56. The third kappa shape index (κ3) is 2.93. The predicted octanol–water partition coefficient (Wildman–Crippen LogP) is 3.35. The normalized spacial score (nSPS) is 10.5. The Morgan fingerprint density at radius 2 is 1.84 bits per heavy atom. The van der Waals surface area contributed by atoms with Gasteiger partial charge < -0.3 is 10.0 Å². The first kappa shape index (κ1) is 13.6. The third-order valence-corrected chi connectivity index (χ3v) is 3.21. The third-order valence-electron chi connectivity index (χ3n) is 3.21. The van der Waals surface area contributed by atoms with Gasteiger partial charge in [-0.2, -0.15) is 0 Å². The largest absolute Gasteiger partial charge is 0.392 e. The molecule has 1 N–H and O–H groups in total. The molecule has 0 spiro atoms. The summed E-state index contributed by atoms with van der Waals surface area (Å²) in [5.74, 6) is 0.948. The molecule has 0 aliphatic carbocycles. The summed E-state index contributed by atoms with van der Waals surface area (Å²) in [7, 11) is 0. The summed E-state index contributed by atoms with van der Waals surface area (Å²) in [6, 6.07) is 10.4. The van der Waals surface area contributed by atoms with Gasteiger partial charge in [0.25, 0.3) is 0 Å². The van der Waals surface area contributed by atoms with Gasteiger partial charge in [0.2, 0.25) is 0 Å². The molecule has 0 saturated heterocycles. The molecule has 0 aliphatic heterocycles. The van der Waals surface area contributed by atoms with E-state index in [1.54, 1.807) is 6.20 Å². The highest BCUT2D eigenvalue weighted by Gasteiger charge is 2.11. The Balaban J connectivity index is 2.39. The number of anilines is 2. The van der Waals surface area contributed by atoms with Gasteiger partial charge >= 0.3 is 0 Å². The second-order valence-electron chi connectivity index (χ2n) is 4.72. The lowest BCUT2D eigenvalue weighted by Gasteiger charge is -2.24. The van der Waals surface area contributed by atoms with Crippen LogP contribution in [0.25, 0.3) is 0 Å². The molecule has 2 rings (SSSR count). The summed E-state index contributed by atoms with van der Waals surface area (Å²) in [6.45, 7) is 7.11. The maximum Gasteiger partial charge on any atom is 0.135 e. The molecule has 19 heavy (non-hydrogen) atoms. The monoisotopic (exact) mass is 256 g/mol. The average Bonchev–Trinajstić information content (AvgIpc) is 2.43. The zero-order valence-corrected chi connectivity index (χ0v) is 11.7. The maximum absolute atomic E-state index is 9.14. The van der Waals surface area contributed by atoms with Crippen LogP contribution in [-0.4, -0.2) is 16.6 Å². The number of aliphatic hydroxyl groups excluding tert-OH is 1. The Kier molecular flexibility index (Phi) is 4.17. The van der Waals surface area contributed by atoms with Crippen LogP contribution in [0.15, 0.2) is 36.5 Å². The van der Waals surface area contributed by atoms with Crippen LogP contribution in [0.5, 0.6) is 0 Å². The van der Waals surface area contributed by atoms with Crippen LogP contribution in [0.2, 0.25) is 0 Å². The molecular weight excluding hydrogens is 236 g/mol. The zero-order valence-electron chi connectivity index (χ0n) is 11.7. The summed E-state index contributed by atoms with van der Waals surface area (Å²) in [6.07, 6.45) is 1.74. The molecule has 1 aromatic carbocycles. The summed E-state index contributed by atoms with van der Waals surface area (Å²) in [4.78, 5) is 6.66. The highest BCUT2D eigenvalue weighted by molar-refractivity contribution is 5.63. The number of aliphatic hydroxyl groups is 1. The Morgan fingerprint density at radius 3 is 2.37 bits per heavy atom. The summed E-state index contributed by atoms with van der Waals surface area (Å²) >= 11 is 0. The fraction of sp³-hybridized carbons (Fsp3) is 0.312. The van der Waals surface area contributed by atoms with Gasteiger partial charge in [0.1, 0.15) is 5.82 Å². The van der Waals surface area contributed by atoms with Crippen LogP contribution >= 0.6 is 0 Å². The van der Waals surface area contributed by atoms with Crippen molar-refractivity contribution in [3.05, 3.63) is 53.2 Å². The number of nitrogens with zero attached hydrogens (tertiary/aromatic N) is 2. The van der Waals surface area contributed by atoms with Crippen molar-refractivity contribution in [1.82, 2.24) is 4.98 Å². The lowest BCUT2D eigenvalue weighted by atomic mass is 10.1. The summed E-state index contributed by atoms with van der Waals surface area (Å²) < 4.78 is 0. The van der Waals surface area contributed by atoms with Gasteiger partial charge in [-0.1, -0.05) is 17.7 Å². The molecule has 0 aliphatic rings. The molecule has 0 amide bonds. The average molecular weight is 256 g/mol. The number of benzene rings is 1. The van der Waals surface area contributed by atoms with Crippen LogP contribution in [0.1, 0.15) is 23.6 Å². The van der Waals surface area contributed by atoms with Crippen molar-refractivity contribution >= 4 is 11.5 Å². The molecule has 100 valence electrons. The van der Waals surface area contributed by atoms with Crippen molar-refractivity contribution in [1.29, 1.82) is 0 Å². The second kappa shape index (κ2) is 5.85. The number of rotatable bonds is 4. The van der Waals surface area contributed by atoms with Gasteiger partial charge in [0.15, 0.2) is 0 Å². The molecule has 0 radical (unpaired) electrons. The van der Waals surface area contributed by atoms with Gasteiger partial charge in [-0.3, -0.25) is 0 Å². The molecule has 0 atom stereocenters. The summed E-state index contributed by atoms with van der Waals surface area (Å²) in [5.41, 5.74) is 4.32. The maximum atomic E-state index is 9.14. The van der Waals surface area contributed by atoms with Crippen molar-refractivity contribution in [3.63, 3.8) is 0 Å². The van der Waals surface area contributed by atoms with Gasteiger partial charge in [-0.25, -0.2) is 4.98 Å². The predicted molar refractivity (Wildman–Crippen MR) is 78.8 cm³/mol. The Morgan fingerprint density at radius 1 is 1.16 bits per heavy atom. The molecule has 1 heterocycles. The van der Waals surface area contributed by atoms with Crippen LogP contribution in [0.3, 0.4) is 0 Å². The zero-order chi connectivity index (χ0) is 13.8. The van der Waals surface area contributed by atoms with Crippen LogP contribution in [0, 0.1) is 13.8 Å². The SMILES string of the molecule is CCN(c1ccc(C)cc1)c1ncc(CO)cc1C. The first-order chi connectivity index (χ1) is 9.15. The molecule has 3 nitrogen and oxygen atoms in total. The Bertz CT molecular complexity index is 549. The van der Waals surface area contributed by atoms with E-state index in [9.17, 15) is 0 Å². The van der Waals surface area contributed by atoms with Crippen molar-refractivity contribution in [3.8, 4) is 0 Å². The fourth-order valence-corrected chi connectivity index (χ4v) is 2.17. The van der Waals surface area contributed by atoms with E-state index in [0.29, 0.717) is 0 Å². The molecule has 1 aromatic heterocycles. The van der Waals surface area contributed by atoms with Crippen molar-refractivity contribution in [2.24, 2.45) is 0 Å². The fourth-order valence-electron chi connectivity index (χ4n) is 2.17. The van der Waals surface area contributed by atoms with E-state index < -0.39 is 0 Å².